The molecule has 0 aromatic carbocycles. The van der Waals surface area contributed by atoms with Gasteiger partial charge in [-0.05, 0) is 12.3 Å². The Kier molecular flexibility index (Phi) is 3.84. The van der Waals surface area contributed by atoms with Crippen molar-refractivity contribution in [2.24, 2.45) is 11.8 Å². The van der Waals surface area contributed by atoms with E-state index in [0.717, 1.165) is 0 Å². The van der Waals surface area contributed by atoms with Gasteiger partial charge in [0.05, 0.1) is 5.92 Å². The summed E-state index contributed by atoms with van der Waals surface area (Å²) >= 11 is 0. The van der Waals surface area contributed by atoms with Gasteiger partial charge in [0.2, 0.25) is 0 Å². The Bertz CT molecular complexity index is 370. The summed E-state index contributed by atoms with van der Waals surface area (Å²) in [6, 6.07) is 0. The van der Waals surface area contributed by atoms with Crippen LogP contribution in [0, 0.1) is 11.8 Å². The lowest BCUT2D eigenvalue weighted by molar-refractivity contribution is -0.143. The third-order valence-electron chi connectivity index (χ3n) is 2.56. The fourth-order valence-corrected chi connectivity index (χ4v) is 2.88. The molecule has 1 saturated heterocycles. The minimum atomic E-state index is -4.66. The summed E-state index contributed by atoms with van der Waals surface area (Å²) in [6.45, 7) is 1.23. The molecule has 1 fully saturated rings. The van der Waals surface area contributed by atoms with Crippen LogP contribution < -0.4 is 0 Å². The summed E-state index contributed by atoms with van der Waals surface area (Å²) in [4.78, 5) is 10.7. The number of hydrogen-bond acceptors (Lipinski definition) is 3. The molecule has 0 amide bonds. The van der Waals surface area contributed by atoms with Crippen molar-refractivity contribution in [3.63, 3.8) is 0 Å². The number of alkyl halides is 2. The number of sulfonamides is 1. The molecule has 1 aliphatic rings. The van der Waals surface area contributed by atoms with Crippen molar-refractivity contribution in [3.8, 4) is 0 Å². The van der Waals surface area contributed by atoms with E-state index in [0.29, 0.717) is 10.7 Å². The summed E-state index contributed by atoms with van der Waals surface area (Å²) in [6.07, 6.45) is 0.310. The predicted octanol–water partition coefficient (Wildman–Crippen LogP) is 0.581. The van der Waals surface area contributed by atoms with Crippen molar-refractivity contribution in [1.82, 2.24) is 4.31 Å². The lowest BCUT2D eigenvalue weighted by Gasteiger charge is -2.33. The second-order valence-electron chi connectivity index (χ2n) is 4.00. The number of carboxylic acids is 1. The standard InChI is InChI=1S/C8H13F2NO4S/c1-5-2-6(7(12)13)4-11(3-5)16(14,15)8(9)10/h5-6,8H,2-4H2,1H3,(H,12,13). The monoisotopic (exact) mass is 257 g/mol. The molecule has 0 aromatic rings. The fourth-order valence-electron chi connectivity index (χ4n) is 1.80. The topological polar surface area (TPSA) is 74.7 Å². The van der Waals surface area contributed by atoms with Crippen molar-refractivity contribution in [2.45, 2.75) is 19.1 Å². The first-order valence-electron chi connectivity index (χ1n) is 4.75. The first kappa shape index (κ1) is 13.3. The van der Waals surface area contributed by atoms with Crippen molar-refractivity contribution in [1.29, 1.82) is 0 Å². The quantitative estimate of drug-likeness (QED) is 0.802. The van der Waals surface area contributed by atoms with E-state index in [9.17, 15) is 22.0 Å². The van der Waals surface area contributed by atoms with Crippen molar-refractivity contribution >= 4 is 16.0 Å². The van der Waals surface area contributed by atoms with Gasteiger partial charge in [-0.15, -0.1) is 0 Å². The maximum absolute atomic E-state index is 12.3. The van der Waals surface area contributed by atoms with Crippen LogP contribution in [-0.2, 0) is 14.8 Å². The largest absolute Gasteiger partial charge is 0.481 e. The number of rotatable bonds is 3. The Labute approximate surface area is 92.1 Å². The minimum absolute atomic E-state index is 0.0452. The molecule has 8 heteroatoms. The van der Waals surface area contributed by atoms with Crippen LogP contribution in [0.15, 0.2) is 0 Å². The molecule has 2 atom stereocenters. The molecule has 94 valence electrons. The number of carboxylic acid groups (broad SMARTS) is 1. The van der Waals surface area contributed by atoms with E-state index in [-0.39, 0.29) is 19.0 Å². The van der Waals surface area contributed by atoms with Gasteiger partial charge in [-0.25, -0.2) is 8.42 Å². The van der Waals surface area contributed by atoms with E-state index < -0.39 is 27.7 Å². The molecule has 0 spiro atoms. The highest BCUT2D eigenvalue weighted by Gasteiger charge is 2.39. The second kappa shape index (κ2) is 4.62. The average molecular weight is 257 g/mol. The molecular weight excluding hydrogens is 244 g/mol. The number of carbonyl (C=O) groups is 1. The molecule has 0 saturated carbocycles. The van der Waals surface area contributed by atoms with E-state index in [1.807, 2.05) is 0 Å². The summed E-state index contributed by atoms with van der Waals surface area (Å²) in [5, 5.41) is 8.77. The van der Waals surface area contributed by atoms with E-state index in [4.69, 9.17) is 5.11 Å². The SMILES string of the molecule is CC1CC(C(=O)O)CN(S(=O)(=O)C(F)F)C1. The van der Waals surface area contributed by atoms with E-state index in [1.165, 1.54) is 0 Å². The zero-order valence-corrected chi connectivity index (χ0v) is 9.45. The lowest BCUT2D eigenvalue weighted by atomic mass is 9.92. The lowest BCUT2D eigenvalue weighted by Crippen LogP contribution is -2.47. The first-order chi connectivity index (χ1) is 7.25. The van der Waals surface area contributed by atoms with Crippen molar-refractivity contribution in [3.05, 3.63) is 0 Å². The summed E-state index contributed by atoms with van der Waals surface area (Å²) in [5.74, 6) is -5.78. The van der Waals surface area contributed by atoms with Gasteiger partial charge in [0, 0.05) is 13.1 Å². The number of hydrogen-bond donors (Lipinski definition) is 1. The fraction of sp³-hybridized carbons (Fsp3) is 0.875. The van der Waals surface area contributed by atoms with Gasteiger partial charge >= 0.3 is 11.7 Å². The molecule has 0 aromatic heterocycles. The Morgan fingerprint density at radius 2 is 2.00 bits per heavy atom. The second-order valence-corrected chi connectivity index (χ2v) is 5.90. The van der Waals surface area contributed by atoms with Gasteiger partial charge in [-0.2, -0.15) is 13.1 Å². The Morgan fingerprint density at radius 1 is 1.44 bits per heavy atom. The molecule has 0 bridgehead atoms. The molecule has 2 unspecified atom stereocenters. The number of nitrogens with zero attached hydrogens (tertiary/aromatic N) is 1. The highest BCUT2D eigenvalue weighted by atomic mass is 32.2. The summed E-state index contributed by atoms with van der Waals surface area (Å²) in [7, 11) is -4.66. The van der Waals surface area contributed by atoms with Gasteiger partial charge in [-0.3, -0.25) is 4.79 Å². The molecular formula is C8H13F2NO4S. The van der Waals surface area contributed by atoms with Crippen LogP contribution in [0.25, 0.3) is 0 Å². The molecule has 0 radical (unpaired) electrons. The molecule has 1 N–H and O–H groups in total. The third-order valence-corrected chi connectivity index (χ3v) is 4.03. The number of aliphatic carboxylic acids is 1. The normalized spacial score (nSPS) is 28.2. The average Bonchev–Trinajstić information content (AvgIpc) is 2.16. The van der Waals surface area contributed by atoms with Crippen LogP contribution in [-0.4, -0.2) is 42.6 Å². The third kappa shape index (κ3) is 2.67. The van der Waals surface area contributed by atoms with Gasteiger partial charge in [0.15, 0.2) is 0 Å². The highest BCUT2D eigenvalue weighted by Crippen LogP contribution is 2.26. The summed E-state index contributed by atoms with van der Waals surface area (Å²) in [5.41, 5.74) is 0. The van der Waals surface area contributed by atoms with Crippen LogP contribution in [0.2, 0.25) is 0 Å². The Balaban J connectivity index is 2.87. The molecule has 16 heavy (non-hydrogen) atoms. The smallest absolute Gasteiger partial charge is 0.350 e. The van der Waals surface area contributed by atoms with Crippen LogP contribution >= 0.6 is 0 Å². The van der Waals surface area contributed by atoms with Gasteiger partial charge in [-0.1, -0.05) is 6.92 Å². The van der Waals surface area contributed by atoms with Crippen LogP contribution in [0.3, 0.4) is 0 Å². The van der Waals surface area contributed by atoms with Gasteiger partial charge in [0.1, 0.15) is 0 Å². The minimum Gasteiger partial charge on any atom is -0.481 e. The molecule has 0 aliphatic carbocycles. The van der Waals surface area contributed by atoms with Crippen LogP contribution in [0.1, 0.15) is 13.3 Å². The number of halogens is 2. The highest BCUT2D eigenvalue weighted by molar-refractivity contribution is 7.89. The molecule has 1 aliphatic heterocycles. The first-order valence-corrected chi connectivity index (χ1v) is 6.25. The van der Waals surface area contributed by atoms with Crippen molar-refractivity contribution < 1.29 is 27.1 Å². The van der Waals surface area contributed by atoms with Crippen molar-refractivity contribution in [2.75, 3.05) is 13.1 Å². The van der Waals surface area contributed by atoms with Gasteiger partial charge < -0.3 is 5.11 Å². The molecule has 5 nitrogen and oxygen atoms in total. The summed E-state index contributed by atoms with van der Waals surface area (Å²) < 4.78 is 47.5. The zero-order valence-electron chi connectivity index (χ0n) is 8.64. The van der Waals surface area contributed by atoms with E-state index in [1.54, 1.807) is 6.92 Å². The molecule has 1 heterocycles. The maximum atomic E-state index is 12.3. The maximum Gasteiger partial charge on any atom is 0.350 e. The van der Waals surface area contributed by atoms with Crippen LogP contribution in [0.5, 0.6) is 0 Å². The Morgan fingerprint density at radius 3 is 2.44 bits per heavy atom. The van der Waals surface area contributed by atoms with Crippen LogP contribution in [0.4, 0.5) is 8.78 Å². The van der Waals surface area contributed by atoms with E-state index >= 15 is 0 Å². The van der Waals surface area contributed by atoms with Gasteiger partial charge in [0.25, 0.3) is 10.0 Å². The zero-order chi connectivity index (χ0) is 12.5. The number of piperidine rings is 1. The molecule has 1 rings (SSSR count). The Hall–Kier alpha value is -0.760. The predicted molar refractivity (Wildman–Crippen MR) is 51.4 cm³/mol. The van der Waals surface area contributed by atoms with E-state index in [2.05, 4.69) is 0 Å².